The summed E-state index contributed by atoms with van der Waals surface area (Å²) in [6.45, 7) is 4.43. The summed E-state index contributed by atoms with van der Waals surface area (Å²) in [7, 11) is 0. The predicted molar refractivity (Wildman–Crippen MR) is 107 cm³/mol. The lowest BCUT2D eigenvalue weighted by molar-refractivity contribution is -0.159. The average Bonchev–Trinajstić information content (AvgIpc) is 2.74. The zero-order chi connectivity index (χ0) is 21.9. The molecular weight excluding hydrogens is 396 g/mol. The first-order valence-electron chi connectivity index (χ1n) is 9.35. The van der Waals surface area contributed by atoms with E-state index in [1.54, 1.807) is 24.3 Å². The quantitative estimate of drug-likeness (QED) is 0.724. The van der Waals surface area contributed by atoms with Gasteiger partial charge in [0.1, 0.15) is 11.6 Å². The van der Waals surface area contributed by atoms with Crippen molar-refractivity contribution in [2.45, 2.75) is 6.42 Å². The van der Waals surface area contributed by atoms with Crippen LogP contribution in [0.25, 0.3) is 5.57 Å². The molecule has 1 fully saturated rings. The van der Waals surface area contributed by atoms with Crippen molar-refractivity contribution < 1.29 is 33.3 Å². The summed E-state index contributed by atoms with van der Waals surface area (Å²) in [4.78, 5) is 20.6. The van der Waals surface area contributed by atoms with Crippen LogP contribution in [0, 0.1) is 11.6 Å². The van der Waals surface area contributed by atoms with Crippen LogP contribution in [-0.4, -0.2) is 59.9 Å². The molecule has 0 radical (unpaired) electrons. The highest BCUT2D eigenvalue weighted by Crippen LogP contribution is 2.24. The van der Waals surface area contributed by atoms with E-state index in [-0.39, 0.29) is 11.6 Å². The fourth-order valence-corrected chi connectivity index (χ4v) is 2.88. The number of benzene rings is 2. The maximum absolute atomic E-state index is 13.2. The molecule has 1 heterocycles. The first-order chi connectivity index (χ1) is 14.4. The van der Waals surface area contributed by atoms with Crippen LogP contribution in [0.1, 0.15) is 17.5 Å². The van der Waals surface area contributed by atoms with Gasteiger partial charge in [0, 0.05) is 19.6 Å². The van der Waals surface area contributed by atoms with E-state index >= 15 is 0 Å². The molecule has 30 heavy (non-hydrogen) atoms. The van der Waals surface area contributed by atoms with Gasteiger partial charge in [-0.25, -0.2) is 18.4 Å². The van der Waals surface area contributed by atoms with Gasteiger partial charge in [-0.1, -0.05) is 30.3 Å². The summed E-state index contributed by atoms with van der Waals surface area (Å²) in [5.74, 6) is -4.17. The van der Waals surface area contributed by atoms with Crippen molar-refractivity contribution >= 4 is 17.5 Å². The molecule has 0 amide bonds. The molecule has 1 aliphatic heterocycles. The van der Waals surface area contributed by atoms with Gasteiger partial charge in [-0.05, 0) is 47.4 Å². The molecule has 0 aliphatic carbocycles. The number of carboxylic acids is 2. The third-order valence-electron chi connectivity index (χ3n) is 4.39. The van der Waals surface area contributed by atoms with Crippen LogP contribution in [-0.2, 0) is 14.3 Å². The van der Waals surface area contributed by atoms with Crippen molar-refractivity contribution in [1.29, 1.82) is 0 Å². The van der Waals surface area contributed by atoms with Gasteiger partial charge in [0.25, 0.3) is 0 Å². The highest BCUT2D eigenvalue weighted by molar-refractivity contribution is 6.27. The Morgan fingerprint density at radius 3 is 1.70 bits per heavy atom. The lowest BCUT2D eigenvalue weighted by Gasteiger charge is -2.26. The molecule has 0 unspecified atom stereocenters. The molecular formula is C22H23F2NO5. The zero-order valence-corrected chi connectivity index (χ0v) is 16.3. The van der Waals surface area contributed by atoms with E-state index in [1.807, 2.05) is 0 Å². The summed E-state index contributed by atoms with van der Waals surface area (Å²) in [6.07, 6.45) is 3.03. The lowest BCUT2D eigenvalue weighted by Crippen LogP contribution is -2.36. The van der Waals surface area contributed by atoms with Crippen molar-refractivity contribution in [2.24, 2.45) is 0 Å². The van der Waals surface area contributed by atoms with Gasteiger partial charge in [0.2, 0.25) is 0 Å². The van der Waals surface area contributed by atoms with Crippen molar-refractivity contribution in [3.63, 3.8) is 0 Å². The molecule has 2 aromatic rings. The number of ether oxygens (including phenoxy) is 1. The fourth-order valence-electron chi connectivity index (χ4n) is 2.88. The largest absolute Gasteiger partial charge is 0.473 e. The highest BCUT2D eigenvalue weighted by atomic mass is 19.1. The number of halogens is 2. The molecule has 2 N–H and O–H groups in total. The van der Waals surface area contributed by atoms with Crippen molar-refractivity contribution in [3.05, 3.63) is 77.4 Å². The molecule has 1 saturated heterocycles. The van der Waals surface area contributed by atoms with Crippen molar-refractivity contribution in [2.75, 3.05) is 32.8 Å². The van der Waals surface area contributed by atoms with Crippen LogP contribution in [0.5, 0.6) is 0 Å². The van der Waals surface area contributed by atoms with E-state index in [0.717, 1.165) is 56.0 Å². The summed E-state index contributed by atoms with van der Waals surface area (Å²) in [5.41, 5.74) is 2.87. The Morgan fingerprint density at radius 1 is 0.867 bits per heavy atom. The van der Waals surface area contributed by atoms with Gasteiger partial charge in [-0.15, -0.1) is 0 Å². The summed E-state index contributed by atoms with van der Waals surface area (Å²) < 4.78 is 31.8. The molecule has 160 valence electrons. The topological polar surface area (TPSA) is 87.1 Å². The molecule has 0 bridgehead atoms. The number of hydrogen-bond acceptors (Lipinski definition) is 4. The summed E-state index contributed by atoms with van der Waals surface area (Å²) in [6, 6.07) is 12.9. The second-order valence-electron chi connectivity index (χ2n) is 6.48. The molecule has 0 saturated carbocycles. The normalized spacial score (nSPS) is 13.7. The Hall–Kier alpha value is -3.10. The van der Waals surface area contributed by atoms with Crippen LogP contribution in [0.15, 0.2) is 54.6 Å². The van der Waals surface area contributed by atoms with Crippen LogP contribution < -0.4 is 0 Å². The third-order valence-corrected chi connectivity index (χ3v) is 4.39. The molecule has 1 aliphatic rings. The van der Waals surface area contributed by atoms with Crippen molar-refractivity contribution in [3.8, 4) is 0 Å². The monoisotopic (exact) mass is 419 g/mol. The Labute approximate surface area is 173 Å². The number of aliphatic carboxylic acids is 2. The van der Waals surface area contributed by atoms with E-state index in [2.05, 4.69) is 11.0 Å². The third kappa shape index (κ3) is 7.73. The van der Waals surface area contributed by atoms with Gasteiger partial charge in [-0.3, -0.25) is 4.90 Å². The molecule has 2 aromatic carbocycles. The minimum atomic E-state index is -1.82. The van der Waals surface area contributed by atoms with Gasteiger partial charge in [-0.2, -0.15) is 0 Å². The predicted octanol–water partition coefficient (Wildman–Crippen LogP) is 3.27. The number of carboxylic acid groups (broad SMARTS) is 2. The number of carbonyl (C=O) groups is 2. The van der Waals surface area contributed by atoms with Crippen LogP contribution in [0.4, 0.5) is 8.78 Å². The van der Waals surface area contributed by atoms with Crippen LogP contribution in [0.2, 0.25) is 0 Å². The van der Waals surface area contributed by atoms with Gasteiger partial charge >= 0.3 is 11.9 Å². The second kappa shape index (κ2) is 11.8. The molecule has 6 nitrogen and oxygen atoms in total. The minimum Gasteiger partial charge on any atom is -0.473 e. The molecule has 0 aromatic heterocycles. The Kier molecular flexibility index (Phi) is 9.11. The van der Waals surface area contributed by atoms with Crippen LogP contribution >= 0.6 is 0 Å². The van der Waals surface area contributed by atoms with Crippen molar-refractivity contribution in [1.82, 2.24) is 4.90 Å². The minimum absolute atomic E-state index is 0.259. The first-order valence-corrected chi connectivity index (χ1v) is 9.35. The first kappa shape index (κ1) is 23.2. The van der Waals surface area contributed by atoms with E-state index in [4.69, 9.17) is 24.5 Å². The van der Waals surface area contributed by atoms with E-state index in [0.29, 0.717) is 0 Å². The SMILES string of the molecule is Fc1ccc(C(=CCCN2CCOCC2)c2ccc(F)cc2)cc1.O=C(O)C(=O)O. The molecule has 0 atom stereocenters. The number of hydrogen-bond donors (Lipinski definition) is 2. The molecule has 3 rings (SSSR count). The number of rotatable bonds is 5. The zero-order valence-electron chi connectivity index (χ0n) is 16.3. The van der Waals surface area contributed by atoms with E-state index < -0.39 is 11.9 Å². The average molecular weight is 419 g/mol. The number of nitrogens with zero attached hydrogens (tertiary/aromatic N) is 1. The summed E-state index contributed by atoms with van der Waals surface area (Å²) >= 11 is 0. The lowest BCUT2D eigenvalue weighted by atomic mass is 9.96. The second-order valence-corrected chi connectivity index (χ2v) is 6.48. The fraction of sp³-hybridized carbons (Fsp3) is 0.273. The summed E-state index contributed by atoms with van der Waals surface area (Å²) in [5, 5.41) is 14.8. The van der Waals surface area contributed by atoms with E-state index in [9.17, 15) is 8.78 Å². The Balaban J connectivity index is 0.000000469. The smallest absolute Gasteiger partial charge is 0.414 e. The standard InChI is InChI=1S/C20H21F2NO.C2H2O4/c21-18-7-3-16(4-8-18)20(17-5-9-19(22)10-6-17)2-1-11-23-12-14-24-15-13-23;3-1(4)2(5)6/h2-10H,1,11-15H2;(H,3,4)(H,5,6). The van der Waals surface area contributed by atoms with Gasteiger partial charge in [0.05, 0.1) is 13.2 Å². The maximum atomic E-state index is 13.2. The Morgan fingerprint density at radius 2 is 1.30 bits per heavy atom. The highest BCUT2D eigenvalue weighted by Gasteiger charge is 2.10. The molecule has 8 heteroatoms. The van der Waals surface area contributed by atoms with E-state index in [1.165, 1.54) is 24.3 Å². The maximum Gasteiger partial charge on any atom is 0.414 e. The van der Waals surface area contributed by atoms with Gasteiger partial charge in [0.15, 0.2) is 0 Å². The Bertz CT molecular complexity index is 801. The molecule has 0 spiro atoms. The number of morpholine rings is 1. The van der Waals surface area contributed by atoms with Crippen LogP contribution in [0.3, 0.4) is 0 Å². The van der Waals surface area contributed by atoms with Gasteiger partial charge < -0.3 is 14.9 Å².